The maximum absolute atomic E-state index is 11.9. The van der Waals surface area contributed by atoms with Crippen molar-refractivity contribution in [1.82, 2.24) is 5.32 Å². The topological polar surface area (TPSA) is 188 Å². The predicted octanol–water partition coefficient (Wildman–Crippen LogP) is 20.2. The SMILES string of the molecule is C=C(C)C(=O)OCCCC(=O)OCCOc1c(Br)cc(C(C(C)C)C(C(C)C)C(C)C)cc1Br.C=CC(=O)OCCCC(=O)OCCOc1c(Br)cc(C(C(C)C)C(C(C)C)C(C)C)cc1Br.C=CC(=O)OCCNC(=O)Oc1ccc(C(C(C)C)C(C(C)C)C(C)C)cc1. The zero-order valence-electron chi connectivity index (χ0n) is 60.3. The molecule has 0 aliphatic carbocycles. The number of carbonyl (C=O) groups is 6. The molecule has 0 fully saturated rings. The van der Waals surface area contributed by atoms with Gasteiger partial charge < -0.3 is 43.2 Å². The highest BCUT2D eigenvalue weighted by Gasteiger charge is 2.34. The standard InChI is InChI=1S/C27H40Br2O5.C26H38Br2O5.C23H35NO4/c1-16(2)24(17(3)4)25(18(5)6)20-14-21(28)26(22(29)15-20)33-13-12-32-23(30)10-9-11-34-27(31)19(7)8;1-8-22(29)31-11-9-10-23(30)32-12-13-33-26-20(27)14-19(15-21(26)28)25(18(6)7)24(16(2)3)17(4)5;1-8-20(25)27-14-13-24-23(26)28-19-11-9-18(10-12-19)22(17(6)7)21(15(2)3)16(4)5/h14-18,24-25H,7,9-13H2,1-6,8H3;8,14-18,24-25H,1,9-13H2,2-7H3;8-12,15-17,21-22H,1,13-14H2,2-7H3,(H,24,26). The van der Waals surface area contributed by atoms with E-state index in [1.165, 1.54) is 16.7 Å². The normalized spacial score (nSPS) is 12.4. The van der Waals surface area contributed by atoms with E-state index in [1.54, 1.807) is 6.92 Å². The van der Waals surface area contributed by atoms with E-state index in [0.29, 0.717) is 124 Å². The molecular weight excluding hydrogens is 1470 g/mol. The van der Waals surface area contributed by atoms with Crippen LogP contribution in [0, 0.1) is 71.0 Å². The Balaban J connectivity index is 0.000000716. The Morgan fingerprint density at radius 2 is 0.758 bits per heavy atom. The minimum absolute atomic E-state index is 0.0702. The van der Waals surface area contributed by atoms with Gasteiger partial charge in [-0.1, -0.05) is 156 Å². The highest BCUT2D eigenvalue weighted by Crippen LogP contribution is 2.47. The third kappa shape index (κ3) is 32.5. The molecule has 3 unspecified atom stereocenters. The molecule has 3 aromatic rings. The van der Waals surface area contributed by atoms with Gasteiger partial charge in [-0.15, -0.1) is 0 Å². The quantitative estimate of drug-likeness (QED) is 0.0247. The molecule has 1 amide bonds. The van der Waals surface area contributed by atoms with Crippen LogP contribution in [0.1, 0.15) is 192 Å². The minimum atomic E-state index is -0.579. The van der Waals surface area contributed by atoms with Crippen LogP contribution in [0.2, 0.25) is 0 Å². The summed E-state index contributed by atoms with van der Waals surface area (Å²) in [6, 6.07) is 16.4. The maximum atomic E-state index is 11.9. The van der Waals surface area contributed by atoms with Gasteiger partial charge in [0.2, 0.25) is 0 Å². The molecular formula is C76H113Br4NO14. The second kappa shape index (κ2) is 46.3. The Morgan fingerprint density at radius 1 is 0.432 bits per heavy atom. The Morgan fingerprint density at radius 3 is 1.07 bits per heavy atom. The van der Waals surface area contributed by atoms with Crippen molar-refractivity contribution in [3.8, 4) is 17.2 Å². The first-order valence-electron chi connectivity index (χ1n) is 33.5. The Kier molecular flexibility index (Phi) is 42.9. The minimum Gasteiger partial charge on any atom is -0.488 e. The molecule has 0 bridgehead atoms. The summed E-state index contributed by atoms with van der Waals surface area (Å²) in [7, 11) is 0. The zero-order valence-corrected chi connectivity index (χ0v) is 66.6. The van der Waals surface area contributed by atoms with Gasteiger partial charge in [0.1, 0.15) is 50.3 Å². The summed E-state index contributed by atoms with van der Waals surface area (Å²) in [5.74, 6) is 7.72. The molecule has 0 aliphatic rings. The van der Waals surface area contributed by atoms with E-state index in [0.717, 1.165) is 30.0 Å². The maximum Gasteiger partial charge on any atom is 0.412 e. The summed E-state index contributed by atoms with van der Waals surface area (Å²) in [6.07, 6.45) is 2.75. The predicted molar refractivity (Wildman–Crippen MR) is 396 cm³/mol. The number of benzene rings is 3. The largest absolute Gasteiger partial charge is 0.488 e. The summed E-state index contributed by atoms with van der Waals surface area (Å²) in [4.78, 5) is 68.7. The first-order chi connectivity index (χ1) is 44.5. The van der Waals surface area contributed by atoms with Gasteiger partial charge in [-0.3, -0.25) is 9.59 Å². The van der Waals surface area contributed by atoms with Crippen LogP contribution in [0.4, 0.5) is 4.79 Å². The van der Waals surface area contributed by atoms with Crippen molar-refractivity contribution in [2.45, 2.75) is 175 Å². The lowest BCUT2D eigenvalue weighted by atomic mass is 9.68. The average molecular weight is 1580 g/mol. The molecule has 15 nitrogen and oxygen atoms in total. The van der Waals surface area contributed by atoms with Gasteiger partial charge in [-0.05, 0) is 225 Å². The molecule has 3 rings (SSSR count). The van der Waals surface area contributed by atoms with Crippen LogP contribution in [-0.4, -0.2) is 88.7 Å². The molecule has 0 aliphatic heterocycles. The van der Waals surface area contributed by atoms with Crippen molar-refractivity contribution in [3.05, 3.63) is 121 Å². The van der Waals surface area contributed by atoms with Gasteiger partial charge in [0.25, 0.3) is 0 Å². The van der Waals surface area contributed by atoms with Crippen molar-refractivity contribution >= 4 is 99.7 Å². The summed E-state index contributed by atoms with van der Waals surface area (Å²) in [6.45, 7) is 54.3. The molecule has 3 aromatic carbocycles. The average Bonchev–Trinajstić information content (AvgIpc) is 0.817. The van der Waals surface area contributed by atoms with Crippen LogP contribution in [0.5, 0.6) is 17.2 Å². The molecule has 0 saturated carbocycles. The molecule has 3 atom stereocenters. The van der Waals surface area contributed by atoms with Crippen LogP contribution >= 0.6 is 63.7 Å². The summed E-state index contributed by atoms with van der Waals surface area (Å²) in [5, 5.41) is 2.54. The third-order valence-electron chi connectivity index (χ3n) is 16.3. The van der Waals surface area contributed by atoms with Crippen LogP contribution in [0.3, 0.4) is 0 Å². The Bertz CT molecular complexity index is 2790. The van der Waals surface area contributed by atoms with Gasteiger partial charge in [-0.25, -0.2) is 19.2 Å². The monoisotopic (exact) mass is 1580 g/mol. The summed E-state index contributed by atoms with van der Waals surface area (Å²) < 4.78 is 45.6. The Labute approximate surface area is 604 Å². The Hall–Kier alpha value is -4.98. The van der Waals surface area contributed by atoms with Crippen molar-refractivity contribution in [1.29, 1.82) is 0 Å². The van der Waals surface area contributed by atoms with E-state index in [-0.39, 0.29) is 77.6 Å². The van der Waals surface area contributed by atoms with Gasteiger partial charge in [0, 0.05) is 30.6 Å². The number of rotatable bonds is 38. The van der Waals surface area contributed by atoms with E-state index in [9.17, 15) is 28.8 Å². The van der Waals surface area contributed by atoms with Gasteiger partial charge in [0.15, 0.2) is 0 Å². The van der Waals surface area contributed by atoms with Crippen molar-refractivity contribution in [3.63, 3.8) is 0 Å². The van der Waals surface area contributed by atoms with Crippen LogP contribution in [0.15, 0.2) is 104 Å². The molecule has 0 saturated heterocycles. The van der Waals surface area contributed by atoms with Crippen LogP contribution < -0.4 is 19.5 Å². The smallest absolute Gasteiger partial charge is 0.412 e. The number of nitrogens with one attached hydrogen (secondary N) is 1. The van der Waals surface area contributed by atoms with E-state index in [4.69, 9.17) is 37.9 Å². The lowest BCUT2D eigenvalue weighted by Crippen LogP contribution is -2.30. The molecule has 0 spiro atoms. The second-order valence-corrected chi connectivity index (χ2v) is 30.4. The fourth-order valence-corrected chi connectivity index (χ4v) is 15.6. The number of halogens is 4. The fraction of sp³-hybridized carbons (Fsp3) is 0.605. The second-order valence-electron chi connectivity index (χ2n) is 27.0. The van der Waals surface area contributed by atoms with Crippen molar-refractivity contribution in [2.75, 3.05) is 52.8 Å². The zero-order chi connectivity index (χ0) is 72.4. The molecule has 95 heavy (non-hydrogen) atoms. The molecule has 534 valence electrons. The number of esters is 5. The third-order valence-corrected chi connectivity index (χ3v) is 18.7. The lowest BCUT2D eigenvalue weighted by molar-refractivity contribution is -0.146. The van der Waals surface area contributed by atoms with Crippen molar-refractivity contribution in [2.24, 2.45) is 71.0 Å². The fourth-order valence-electron chi connectivity index (χ4n) is 12.7. The summed E-state index contributed by atoms with van der Waals surface area (Å²) >= 11 is 14.7. The molecule has 0 heterocycles. The first kappa shape index (κ1) is 88.0. The lowest BCUT2D eigenvalue weighted by Gasteiger charge is -2.37. The highest BCUT2D eigenvalue weighted by molar-refractivity contribution is 9.11. The first-order valence-corrected chi connectivity index (χ1v) is 36.7. The molecule has 19 heteroatoms. The van der Waals surface area contributed by atoms with Crippen LogP contribution in [0.25, 0.3) is 0 Å². The number of amides is 1. The summed E-state index contributed by atoms with van der Waals surface area (Å²) in [5.41, 5.74) is 4.18. The number of carbonyl (C=O) groups excluding carboxylic acids is 6. The van der Waals surface area contributed by atoms with Gasteiger partial charge in [-0.2, -0.15) is 0 Å². The molecule has 0 radical (unpaired) electrons. The van der Waals surface area contributed by atoms with Gasteiger partial charge >= 0.3 is 35.9 Å². The number of hydrogen-bond donors (Lipinski definition) is 1. The number of hydrogen-bond acceptors (Lipinski definition) is 14. The van der Waals surface area contributed by atoms with Gasteiger partial charge in [0.05, 0.1) is 37.6 Å². The highest BCUT2D eigenvalue weighted by atomic mass is 79.9. The van der Waals surface area contributed by atoms with Crippen molar-refractivity contribution < 1.29 is 66.7 Å². The van der Waals surface area contributed by atoms with E-state index >= 15 is 0 Å². The molecule has 1 N–H and O–H groups in total. The van der Waals surface area contributed by atoms with E-state index in [2.05, 4.69) is 250 Å². The molecule has 0 aromatic heterocycles. The van der Waals surface area contributed by atoms with Crippen LogP contribution in [-0.2, 0) is 47.7 Å². The van der Waals surface area contributed by atoms with E-state index in [1.807, 2.05) is 12.1 Å². The number of ether oxygens (including phenoxy) is 8. The van der Waals surface area contributed by atoms with E-state index < -0.39 is 24.0 Å².